The molecule has 0 amide bonds. The van der Waals surface area contributed by atoms with Gasteiger partial charge in [-0.05, 0) is 20.8 Å². The predicted molar refractivity (Wildman–Crippen MR) is 37.5 cm³/mol. The van der Waals surface area contributed by atoms with E-state index < -0.39 is 0 Å². The summed E-state index contributed by atoms with van der Waals surface area (Å²) in [5.41, 5.74) is 0. The van der Waals surface area contributed by atoms with Gasteiger partial charge in [0.05, 0.1) is 12.2 Å². The molecular formula is C7H15NO. The van der Waals surface area contributed by atoms with Crippen LogP contribution in [0.25, 0.3) is 0 Å². The average Bonchev–Trinajstić information content (AvgIpc) is 1.80. The summed E-state index contributed by atoms with van der Waals surface area (Å²) in [6, 6.07) is 0.515. The Kier molecular flexibility index (Phi) is 2.09. The van der Waals surface area contributed by atoms with Crippen LogP contribution in [-0.4, -0.2) is 24.8 Å². The molecule has 0 aromatic heterocycles. The van der Waals surface area contributed by atoms with Crippen molar-refractivity contribution in [2.24, 2.45) is 0 Å². The summed E-state index contributed by atoms with van der Waals surface area (Å²) in [4.78, 5) is 0. The number of hydrogen-bond acceptors (Lipinski definition) is 2. The van der Waals surface area contributed by atoms with Crippen LogP contribution in [0.3, 0.4) is 0 Å². The fourth-order valence-corrected chi connectivity index (χ4v) is 1.05. The molecule has 0 aliphatic carbocycles. The minimum absolute atomic E-state index is 0.369. The maximum Gasteiger partial charge on any atom is 0.0701 e. The maximum atomic E-state index is 5.54. The lowest BCUT2D eigenvalue weighted by Crippen LogP contribution is -2.48. The molecule has 0 radical (unpaired) electrons. The van der Waals surface area contributed by atoms with E-state index in [0.717, 1.165) is 6.54 Å². The molecule has 1 heterocycles. The second-order valence-electron chi connectivity index (χ2n) is 2.85. The van der Waals surface area contributed by atoms with Crippen LogP contribution >= 0.6 is 0 Å². The quantitative estimate of drug-likeness (QED) is 0.521. The third kappa shape index (κ3) is 1.66. The van der Waals surface area contributed by atoms with Crippen molar-refractivity contribution in [3.8, 4) is 0 Å². The van der Waals surface area contributed by atoms with Gasteiger partial charge in [0, 0.05) is 12.6 Å². The van der Waals surface area contributed by atoms with Crippen molar-refractivity contribution in [1.29, 1.82) is 0 Å². The summed E-state index contributed by atoms with van der Waals surface area (Å²) in [5, 5.41) is 3.36. The highest BCUT2D eigenvalue weighted by molar-refractivity contribution is 4.76. The molecule has 1 saturated heterocycles. The molecular weight excluding hydrogens is 114 g/mol. The molecule has 0 saturated carbocycles. The van der Waals surface area contributed by atoms with Crippen LogP contribution < -0.4 is 5.32 Å². The van der Waals surface area contributed by atoms with Crippen molar-refractivity contribution >= 4 is 0 Å². The molecule has 1 aliphatic heterocycles. The smallest absolute Gasteiger partial charge is 0.0701 e. The van der Waals surface area contributed by atoms with Crippen molar-refractivity contribution in [3.05, 3.63) is 0 Å². The summed E-state index contributed by atoms with van der Waals surface area (Å²) in [7, 11) is 0. The van der Waals surface area contributed by atoms with E-state index in [2.05, 4.69) is 26.1 Å². The molecule has 0 aromatic carbocycles. The Bertz CT molecular complexity index is 94.9. The van der Waals surface area contributed by atoms with Gasteiger partial charge in [-0.1, -0.05) is 0 Å². The third-order valence-corrected chi connectivity index (χ3v) is 1.88. The summed E-state index contributed by atoms with van der Waals surface area (Å²) in [6.45, 7) is 7.34. The normalized spacial score (nSPS) is 45.0. The van der Waals surface area contributed by atoms with E-state index in [1.807, 2.05) is 0 Å². The molecule has 1 rings (SSSR count). The van der Waals surface area contributed by atoms with E-state index in [0.29, 0.717) is 18.2 Å². The van der Waals surface area contributed by atoms with Crippen LogP contribution in [0.4, 0.5) is 0 Å². The molecule has 1 aliphatic rings. The number of nitrogens with one attached hydrogen (secondary N) is 1. The monoisotopic (exact) mass is 129 g/mol. The van der Waals surface area contributed by atoms with E-state index in [4.69, 9.17) is 4.74 Å². The van der Waals surface area contributed by atoms with Crippen molar-refractivity contribution in [2.45, 2.75) is 39.0 Å². The van der Waals surface area contributed by atoms with Crippen molar-refractivity contribution in [2.75, 3.05) is 6.54 Å². The van der Waals surface area contributed by atoms with Gasteiger partial charge in [0.1, 0.15) is 0 Å². The summed E-state index contributed by atoms with van der Waals surface area (Å²) in [5.74, 6) is 0. The van der Waals surface area contributed by atoms with E-state index in [-0.39, 0.29) is 0 Å². The highest BCUT2D eigenvalue weighted by atomic mass is 16.5. The Morgan fingerprint density at radius 1 is 1.33 bits per heavy atom. The van der Waals surface area contributed by atoms with Gasteiger partial charge in [0.25, 0.3) is 0 Å². The van der Waals surface area contributed by atoms with Crippen LogP contribution in [0.2, 0.25) is 0 Å². The zero-order valence-electron chi connectivity index (χ0n) is 6.35. The molecule has 0 aromatic rings. The van der Waals surface area contributed by atoms with E-state index in [1.165, 1.54) is 0 Å². The topological polar surface area (TPSA) is 21.3 Å². The molecule has 1 fully saturated rings. The Morgan fingerprint density at radius 3 is 2.44 bits per heavy atom. The standard InChI is InChI=1S/C7H15NO/c1-5-4-8-6(2)7(3)9-5/h5-8H,4H2,1-3H3/t5-,6-,7+/m1/s1. The molecule has 2 heteroatoms. The van der Waals surface area contributed by atoms with Gasteiger partial charge >= 0.3 is 0 Å². The minimum Gasteiger partial charge on any atom is -0.373 e. The van der Waals surface area contributed by atoms with Crippen LogP contribution in [-0.2, 0) is 4.74 Å². The highest BCUT2D eigenvalue weighted by Crippen LogP contribution is 2.07. The van der Waals surface area contributed by atoms with E-state index in [1.54, 1.807) is 0 Å². The Morgan fingerprint density at radius 2 is 2.00 bits per heavy atom. The number of morpholine rings is 1. The van der Waals surface area contributed by atoms with Gasteiger partial charge in [0.2, 0.25) is 0 Å². The van der Waals surface area contributed by atoms with E-state index >= 15 is 0 Å². The van der Waals surface area contributed by atoms with Gasteiger partial charge in [0.15, 0.2) is 0 Å². The lowest BCUT2D eigenvalue weighted by molar-refractivity contribution is -0.0395. The number of ether oxygens (including phenoxy) is 1. The molecule has 1 N–H and O–H groups in total. The van der Waals surface area contributed by atoms with Gasteiger partial charge < -0.3 is 10.1 Å². The van der Waals surface area contributed by atoms with Gasteiger partial charge in [-0.15, -0.1) is 0 Å². The van der Waals surface area contributed by atoms with Gasteiger partial charge in [-0.2, -0.15) is 0 Å². The molecule has 0 bridgehead atoms. The molecule has 0 spiro atoms. The molecule has 2 nitrogen and oxygen atoms in total. The zero-order valence-corrected chi connectivity index (χ0v) is 6.35. The Hall–Kier alpha value is -0.0800. The second-order valence-corrected chi connectivity index (χ2v) is 2.85. The van der Waals surface area contributed by atoms with Crippen molar-refractivity contribution in [3.63, 3.8) is 0 Å². The first-order chi connectivity index (χ1) is 4.20. The molecule has 9 heavy (non-hydrogen) atoms. The second kappa shape index (κ2) is 2.67. The predicted octanol–water partition coefficient (Wildman–Crippen LogP) is 0.772. The maximum absolute atomic E-state index is 5.54. The SMILES string of the molecule is C[C@@H]1CN[C@H](C)[C@H](C)O1. The summed E-state index contributed by atoms with van der Waals surface area (Å²) < 4.78 is 5.54. The average molecular weight is 129 g/mol. The number of hydrogen-bond donors (Lipinski definition) is 1. The Balaban J connectivity index is 2.35. The first kappa shape index (κ1) is 7.03. The zero-order chi connectivity index (χ0) is 6.85. The van der Waals surface area contributed by atoms with Crippen LogP contribution in [0.15, 0.2) is 0 Å². The molecule has 3 atom stereocenters. The lowest BCUT2D eigenvalue weighted by atomic mass is 10.1. The summed E-state index contributed by atoms with van der Waals surface area (Å²) in [6.07, 6.45) is 0.755. The lowest BCUT2D eigenvalue weighted by Gasteiger charge is -2.31. The van der Waals surface area contributed by atoms with Crippen molar-refractivity contribution in [1.82, 2.24) is 5.32 Å². The van der Waals surface area contributed by atoms with E-state index in [9.17, 15) is 0 Å². The van der Waals surface area contributed by atoms with Crippen LogP contribution in [0, 0.1) is 0 Å². The molecule has 54 valence electrons. The van der Waals surface area contributed by atoms with Crippen LogP contribution in [0.5, 0.6) is 0 Å². The Labute approximate surface area is 56.6 Å². The first-order valence-electron chi connectivity index (χ1n) is 3.59. The minimum atomic E-state index is 0.369. The summed E-state index contributed by atoms with van der Waals surface area (Å²) >= 11 is 0. The van der Waals surface area contributed by atoms with Crippen molar-refractivity contribution < 1.29 is 4.74 Å². The largest absolute Gasteiger partial charge is 0.373 e. The fourth-order valence-electron chi connectivity index (χ4n) is 1.05. The van der Waals surface area contributed by atoms with Gasteiger partial charge in [-0.3, -0.25) is 0 Å². The van der Waals surface area contributed by atoms with Crippen LogP contribution in [0.1, 0.15) is 20.8 Å². The molecule has 0 unspecified atom stereocenters. The number of rotatable bonds is 0. The third-order valence-electron chi connectivity index (χ3n) is 1.88. The van der Waals surface area contributed by atoms with Gasteiger partial charge in [-0.25, -0.2) is 0 Å². The fraction of sp³-hybridized carbons (Fsp3) is 1.00. The highest BCUT2D eigenvalue weighted by Gasteiger charge is 2.20. The first-order valence-corrected chi connectivity index (χ1v) is 3.59.